The highest BCUT2D eigenvalue weighted by atomic mass is 16.4. The van der Waals surface area contributed by atoms with Crippen molar-refractivity contribution in [2.45, 2.75) is 26.7 Å². The molecule has 7 nitrogen and oxygen atoms in total. The fourth-order valence-corrected chi connectivity index (χ4v) is 4.98. The first kappa shape index (κ1) is 18.6. The van der Waals surface area contributed by atoms with Gasteiger partial charge in [0.2, 0.25) is 0 Å². The van der Waals surface area contributed by atoms with E-state index in [1.165, 1.54) is 12.8 Å². The Labute approximate surface area is 179 Å². The molecule has 5 heterocycles. The lowest BCUT2D eigenvalue weighted by atomic mass is 9.73. The van der Waals surface area contributed by atoms with E-state index in [2.05, 4.69) is 26.3 Å². The number of piperidine rings is 1. The van der Waals surface area contributed by atoms with Crippen molar-refractivity contribution in [2.75, 3.05) is 31.1 Å². The first-order valence-electron chi connectivity index (χ1n) is 10.9. The first-order valence-corrected chi connectivity index (χ1v) is 10.9. The number of rotatable bonds is 2. The lowest BCUT2D eigenvalue weighted by Crippen LogP contribution is -2.58. The highest BCUT2D eigenvalue weighted by molar-refractivity contribution is 5.84. The molecule has 1 aromatic carbocycles. The second-order valence-electron chi connectivity index (χ2n) is 9.08. The molecule has 0 unspecified atom stereocenters. The fraction of sp³-hybridized carbons (Fsp3) is 0.375. The van der Waals surface area contributed by atoms with Gasteiger partial charge in [-0.15, -0.1) is 0 Å². The average molecular weight is 415 g/mol. The number of aryl methyl sites for hydroxylation is 2. The van der Waals surface area contributed by atoms with Crippen molar-refractivity contribution in [1.82, 2.24) is 19.7 Å². The van der Waals surface area contributed by atoms with Gasteiger partial charge in [0.25, 0.3) is 0 Å². The summed E-state index contributed by atoms with van der Waals surface area (Å²) < 4.78 is 7.66. The van der Waals surface area contributed by atoms with Crippen LogP contribution in [-0.2, 0) is 0 Å². The summed E-state index contributed by atoms with van der Waals surface area (Å²) in [4.78, 5) is 24.3. The van der Waals surface area contributed by atoms with Gasteiger partial charge < -0.3 is 19.0 Å². The summed E-state index contributed by atoms with van der Waals surface area (Å²) >= 11 is 0. The molecule has 1 N–H and O–H groups in total. The normalized spacial score (nSPS) is 18.1. The summed E-state index contributed by atoms with van der Waals surface area (Å²) in [6.45, 7) is 8.25. The number of fused-ring (bicyclic) bond motifs is 2. The first-order chi connectivity index (χ1) is 15.0. The van der Waals surface area contributed by atoms with Crippen LogP contribution in [0.1, 0.15) is 24.2 Å². The molecule has 6 rings (SSSR count). The topological polar surface area (TPSA) is 75.7 Å². The van der Waals surface area contributed by atoms with E-state index in [4.69, 9.17) is 4.42 Å². The zero-order chi connectivity index (χ0) is 21.2. The molecular formula is C24H25N5O2. The minimum absolute atomic E-state index is 0.367. The van der Waals surface area contributed by atoms with Crippen LogP contribution in [0.15, 0.2) is 45.9 Å². The van der Waals surface area contributed by atoms with Crippen LogP contribution in [-0.4, -0.2) is 40.5 Å². The van der Waals surface area contributed by atoms with E-state index >= 15 is 0 Å². The molecule has 2 fully saturated rings. The molecule has 4 aromatic rings. The largest absolute Gasteiger partial charge is 0.422 e. The summed E-state index contributed by atoms with van der Waals surface area (Å²) in [6, 6.07) is 8.05. The molecule has 0 atom stereocenters. The molecule has 158 valence electrons. The van der Waals surface area contributed by atoms with Crippen LogP contribution < -0.4 is 15.8 Å². The lowest BCUT2D eigenvalue weighted by Gasteiger charge is -2.48. The zero-order valence-corrected chi connectivity index (χ0v) is 17.8. The van der Waals surface area contributed by atoms with Crippen molar-refractivity contribution in [3.05, 3.63) is 58.5 Å². The second kappa shape index (κ2) is 6.65. The molecule has 2 aliphatic heterocycles. The number of hydrogen-bond donors (Lipinski definition) is 1. The maximum Gasteiger partial charge on any atom is 0.345 e. The number of aromatic nitrogens is 3. The SMILES string of the molecule is Cc1cn2cc(-c3cc4ccc(N5CCC6(CC5)CNC6)cc4oc3=O)nc2c(C)n1. The van der Waals surface area contributed by atoms with E-state index in [0.29, 0.717) is 22.3 Å². The zero-order valence-electron chi connectivity index (χ0n) is 17.8. The standard InChI is InChI=1S/C24H25N5O2/c1-15-11-29-12-20(27-22(29)16(2)26-15)19-9-17-3-4-18(10-21(17)31-23(19)30)28-7-5-24(6-8-28)13-25-14-24/h3-4,9-12,25H,5-8,13-14H2,1-2H3. The maximum atomic E-state index is 12.8. The third-order valence-electron chi connectivity index (χ3n) is 6.91. The van der Waals surface area contributed by atoms with Crippen LogP contribution in [0.25, 0.3) is 27.9 Å². The number of nitrogens with one attached hydrogen (secondary N) is 1. The number of imidazole rings is 1. The van der Waals surface area contributed by atoms with E-state index in [1.54, 1.807) is 0 Å². The molecule has 31 heavy (non-hydrogen) atoms. The van der Waals surface area contributed by atoms with Crippen LogP contribution in [0, 0.1) is 19.3 Å². The molecule has 3 aromatic heterocycles. The molecule has 0 saturated carbocycles. The van der Waals surface area contributed by atoms with Crippen molar-refractivity contribution in [1.29, 1.82) is 0 Å². The van der Waals surface area contributed by atoms with Gasteiger partial charge in [-0.3, -0.25) is 4.98 Å². The van der Waals surface area contributed by atoms with Gasteiger partial charge in [-0.05, 0) is 50.3 Å². The van der Waals surface area contributed by atoms with E-state index in [1.807, 2.05) is 48.8 Å². The van der Waals surface area contributed by atoms with Gasteiger partial charge in [0.15, 0.2) is 5.65 Å². The minimum atomic E-state index is -0.367. The van der Waals surface area contributed by atoms with Gasteiger partial charge in [-0.1, -0.05) is 0 Å². The monoisotopic (exact) mass is 415 g/mol. The Balaban J connectivity index is 1.35. The smallest absolute Gasteiger partial charge is 0.345 e. The molecule has 0 bridgehead atoms. The average Bonchev–Trinajstić information content (AvgIpc) is 3.16. The van der Waals surface area contributed by atoms with Crippen LogP contribution in [0.5, 0.6) is 0 Å². The predicted octanol–water partition coefficient (Wildman–Crippen LogP) is 3.31. The Morgan fingerprint density at radius 3 is 2.61 bits per heavy atom. The van der Waals surface area contributed by atoms with Crippen LogP contribution >= 0.6 is 0 Å². The molecule has 0 amide bonds. The Hall–Kier alpha value is -3.19. The number of benzene rings is 1. The van der Waals surface area contributed by atoms with E-state index in [0.717, 1.165) is 54.3 Å². The predicted molar refractivity (Wildman–Crippen MR) is 121 cm³/mol. The Morgan fingerprint density at radius 2 is 1.87 bits per heavy atom. The van der Waals surface area contributed by atoms with Gasteiger partial charge in [0.1, 0.15) is 5.58 Å². The number of anilines is 1. The molecule has 0 aliphatic carbocycles. The molecule has 1 spiro atoms. The van der Waals surface area contributed by atoms with Crippen LogP contribution in [0.4, 0.5) is 5.69 Å². The van der Waals surface area contributed by atoms with Crippen LogP contribution in [0.3, 0.4) is 0 Å². The Bertz CT molecular complexity index is 1370. The second-order valence-corrected chi connectivity index (χ2v) is 9.08. The van der Waals surface area contributed by atoms with Crippen molar-refractivity contribution in [2.24, 2.45) is 5.41 Å². The highest BCUT2D eigenvalue weighted by Gasteiger charge is 2.39. The molecule has 2 saturated heterocycles. The summed E-state index contributed by atoms with van der Waals surface area (Å²) in [5.41, 5.74) is 5.45. The Kier molecular flexibility index (Phi) is 3.99. The molecular weight excluding hydrogens is 390 g/mol. The van der Waals surface area contributed by atoms with Gasteiger partial charge in [0.05, 0.1) is 22.6 Å². The molecule has 7 heteroatoms. The number of nitrogens with zero attached hydrogens (tertiary/aromatic N) is 4. The van der Waals surface area contributed by atoms with Crippen molar-refractivity contribution < 1.29 is 4.42 Å². The highest BCUT2D eigenvalue weighted by Crippen LogP contribution is 2.37. The van der Waals surface area contributed by atoms with Crippen molar-refractivity contribution >= 4 is 22.3 Å². The van der Waals surface area contributed by atoms with Crippen molar-refractivity contribution in [3.8, 4) is 11.3 Å². The van der Waals surface area contributed by atoms with Gasteiger partial charge >= 0.3 is 5.63 Å². The summed E-state index contributed by atoms with van der Waals surface area (Å²) in [6.07, 6.45) is 6.20. The summed E-state index contributed by atoms with van der Waals surface area (Å²) in [7, 11) is 0. The maximum absolute atomic E-state index is 12.8. The van der Waals surface area contributed by atoms with Crippen molar-refractivity contribution in [3.63, 3.8) is 0 Å². The molecule has 2 aliphatic rings. The summed E-state index contributed by atoms with van der Waals surface area (Å²) in [5.74, 6) is 0. The van der Waals surface area contributed by atoms with Gasteiger partial charge in [0, 0.05) is 55.7 Å². The van der Waals surface area contributed by atoms with E-state index in [9.17, 15) is 4.79 Å². The quantitative estimate of drug-likeness (QED) is 0.506. The van der Waals surface area contributed by atoms with Gasteiger partial charge in [-0.25, -0.2) is 9.78 Å². The van der Waals surface area contributed by atoms with Crippen LogP contribution in [0.2, 0.25) is 0 Å². The third kappa shape index (κ3) is 3.03. The summed E-state index contributed by atoms with van der Waals surface area (Å²) in [5, 5.41) is 4.31. The van der Waals surface area contributed by atoms with Gasteiger partial charge in [-0.2, -0.15) is 0 Å². The number of hydrogen-bond acceptors (Lipinski definition) is 6. The fourth-order valence-electron chi connectivity index (χ4n) is 4.98. The Morgan fingerprint density at radius 1 is 1.06 bits per heavy atom. The van der Waals surface area contributed by atoms with E-state index < -0.39 is 0 Å². The molecule has 0 radical (unpaired) electrons. The lowest BCUT2D eigenvalue weighted by molar-refractivity contribution is 0.126. The third-order valence-corrected chi connectivity index (χ3v) is 6.91. The van der Waals surface area contributed by atoms with E-state index in [-0.39, 0.29) is 5.63 Å². The minimum Gasteiger partial charge on any atom is -0.422 e.